The van der Waals surface area contributed by atoms with Crippen molar-refractivity contribution in [1.82, 2.24) is 0 Å². The molecule has 0 spiro atoms. The van der Waals surface area contributed by atoms with Crippen LogP contribution in [0, 0.1) is 0 Å². The molecule has 0 aliphatic heterocycles. The van der Waals surface area contributed by atoms with Gasteiger partial charge in [-0.2, -0.15) is 0 Å². The molecule has 2 aromatic carbocycles. The quantitative estimate of drug-likeness (QED) is 0.819. The maximum atomic E-state index is 5.91. The fraction of sp³-hybridized carbons (Fsp3) is 0.294. The van der Waals surface area contributed by atoms with Crippen molar-refractivity contribution in [3.8, 4) is 5.75 Å². The van der Waals surface area contributed by atoms with Crippen LogP contribution in [-0.4, -0.2) is 6.61 Å². The highest BCUT2D eigenvalue weighted by Gasteiger charge is 2.02. The molecule has 0 aliphatic rings. The molecule has 0 unspecified atom stereocenters. The number of hydrogen-bond donors (Lipinski definition) is 1. The van der Waals surface area contributed by atoms with Gasteiger partial charge in [0.2, 0.25) is 0 Å². The molecule has 100 valence electrons. The van der Waals surface area contributed by atoms with E-state index in [4.69, 9.17) is 10.5 Å². The Morgan fingerprint density at radius 3 is 2.58 bits per heavy atom. The highest BCUT2D eigenvalue weighted by Crippen LogP contribution is 2.20. The highest BCUT2D eigenvalue weighted by atomic mass is 16.5. The average molecular weight is 255 g/mol. The molecule has 2 N–H and O–H groups in total. The van der Waals surface area contributed by atoms with Gasteiger partial charge in [0, 0.05) is 12.1 Å². The molecule has 2 aromatic rings. The van der Waals surface area contributed by atoms with E-state index in [9.17, 15) is 0 Å². The maximum Gasteiger partial charge on any atom is 0.119 e. The summed E-state index contributed by atoms with van der Waals surface area (Å²) in [5.41, 5.74) is 9.19. The van der Waals surface area contributed by atoms with Crippen molar-refractivity contribution in [3.05, 3.63) is 59.7 Å². The van der Waals surface area contributed by atoms with Crippen molar-refractivity contribution in [2.24, 2.45) is 0 Å². The minimum absolute atomic E-state index is 0.522. The Morgan fingerprint density at radius 2 is 1.84 bits per heavy atom. The Balaban J connectivity index is 1.93. The van der Waals surface area contributed by atoms with Crippen LogP contribution in [0.1, 0.15) is 30.9 Å². The lowest BCUT2D eigenvalue weighted by Gasteiger charge is -2.10. The number of nitrogens with two attached hydrogens (primary N) is 1. The number of nitrogen functional groups attached to an aromatic ring is 1. The van der Waals surface area contributed by atoms with E-state index in [1.165, 1.54) is 5.56 Å². The second-order valence-corrected chi connectivity index (χ2v) is 5.02. The number of hydrogen-bond acceptors (Lipinski definition) is 2. The SMILES string of the molecule is CC(C)c1cccc(OCCc2ccccc2N)c1. The Morgan fingerprint density at radius 1 is 1.05 bits per heavy atom. The third-order valence-corrected chi connectivity index (χ3v) is 3.22. The Labute approximate surface area is 115 Å². The average Bonchev–Trinajstić information content (AvgIpc) is 2.41. The molecule has 2 heteroatoms. The first-order valence-electron chi connectivity index (χ1n) is 6.73. The van der Waals surface area contributed by atoms with E-state index in [1.807, 2.05) is 36.4 Å². The van der Waals surface area contributed by atoms with Crippen molar-refractivity contribution >= 4 is 5.69 Å². The van der Waals surface area contributed by atoms with E-state index in [1.54, 1.807) is 0 Å². The summed E-state index contributed by atoms with van der Waals surface area (Å²) < 4.78 is 5.80. The molecular formula is C17H21NO. The fourth-order valence-corrected chi connectivity index (χ4v) is 2.00. The van der Waals surface area contributed by atoms with Gasteiger partial charge in [0.05, 0.1) is 6.61 Å². The first kappa shape index (κ1) is 13.5. The molecule has 0 saturated carbocycles. The third-order valence-electron chi connectivity index (χ3n) is 3.22. The van der Waals surface area contributed by atoms with Crippen LogP contribution in [0.2, 0.25) is 0 Å². The second kappa shape index (κ2) is 6.28. The maximum absolute atomic E-state index is 5.91. The number of para-hydroxylation sites is 1. The van der Waals surface area contributed by atoms with E-state index >= 15 is 0 Å². The summed E-state index contributed by atoms with van der Waals surface area (Å²) in [5, 5.41) is 0. The summed E-state index contributed by atoms with van der Waals surface area (Å²) in [4.78, 5) is 0. The van der Waals surface area contributed by atoms with E-state index in [0.29, 0.717) is 12.5 Å². The van der Waals surface area contributed by atoms with Crippen molar-refractivity contribution in [3.63, 3.8) is 0 Å². The highest BCUT2D eigenvalue weighted by molar-refractivity contribution is 5.46. The normalized spacial score (nSPS) is 10.7. The smallest absolute Gasteiger partial charge is 0.119 e. The lowest BCUT2D eigenvalue weighted by Crippen LogP contribution is -2.04. The van der Waals surface area contributed by atoms with E-state index in [-0.39, 0.29) is 0 Å². The molecule has 2 nitrogen and oxygen atoms in total. The largest absolute Gasteiger partial charge is 0.493 e. The van der Waals surface area contributed by atoms with Gasteiger partial charge in [-0.05, 0) is 35.2 Å². The van der Waals surface area contributed by atoms with Gasteiger partial charge in [-0.3, -0.25) is 0 Å². The van der Waals surface area contributed by atoms with Crippen LogP contribution in [0.5, 0.6) is 5.75 Å². The van der Waals surface area contributed by atoms with Crippen molar-refractivity contribution < 1.29 is 4.74 Å². The van der Waals surface area contributed by atoms with Crippen molar-refractivity contribution in [2.45, 2.75) is 26.2 Å². The van der Waals surface area contributed by atoms with Crippen LogP contribution in [-0.2, 0) is 6.42 Å². The molecule has 0 bridgehead atoms. The third kappa shape index (κ3) is 3.75. The Kier molecular flexibility index (Phi) is 4.45. The van der Waals surface area contributed by atoms with Crippen LogP contribution >= 0.6 is 0 Å². The van der Waals surface area contributed by atoms with Gasteiger partial charge >= 0.3 is 0 Å². The molecule has 0 aliphatic carbocycles. The minimum Gasteiger partial charge on any atom is -0.493 e. The van der Waals surface area contributed by atoms with Gasteiger partial charge < -0.3 is 10.5 Å². The van der Waals surface area contributed by atoms with Crippen molar-refractivity contribution in [1.29, 1.82) is 0 Å². The molecule has 2 rings (SSSR count). The summed E-state index contributed by atoms with van der Waals surface area (Å²) in [5.74, 6) is 1.45. The summed E-state index contributed by atoms with van der Waals surface area (Å²) in [7, 11) is 0. The first-order chi connectivity index (χ1) is 9.16. The molecule has 0 atom stereocenters. The van der Waals surface area contributed by atoms with Gasteiger partial charge in [-0.1, -0.05) is 44.2 Å². The van der Waals surface area contributed by atoms with E-state index in [0.717, 1.165) is 23.4 Å². The lowest BCUT2D eigenvalue weighted by molar-refractivity contribution is 0.321. The Hall–Kier alpha value is -1.96. The topological polar surface area (TPSA) is 35.2 Å². The van der Waals surface area contributed by atoms with Crippen LogP contribution in [0.15, 0.2) is 48.5 Å². The van der Waals surface area contributed by atoms with Gasteiger partial charge in [-0.15, -0.1) is 0 Å². The van der Waals surface area contributed by atoms with Crippen LogP contribution in [0.4, 0.5) is 5.69 Å². The Bertz CT molecular complexity index is 534. The summed E-state index contributed by atoms with van der Waals surface area (Å²) in [6, 6.07) is 16.2. The van der Waals surface area contributed by atoms with Crippen LogP contribution < -0.4 is 10.5 Å². The molecular weight excluding hydrogens is 234 g/mol. The zero-order valence-corrected chi connectivity index (χ0v) is 11.6. The second-order valence-electron chi connectivity index (χ2n) is 5.02. The number of benzene rings is 2. The van der Waals surface area contributed by atoms with Gasteiger partial charge in [-0.25, -0.2) is 0 Å². The predicted molar refractivity (Wildman–Crippen MR) is 80.6 cm³/mol. The summed E-state index contributed by atoms with van der Waals surface area (Å²) >= 11 is 0. The van der Waals surface area contributed by atoms with Gasteiger partial charge in [0.15, 0.2) is 0 Å². The van der Waals surface area contributed by atoms with Crippen molar-refractivity contribution in [2.75, 3.05) is 12.3 Å². The summed E-state index contributed by atoms with van der Waals surface area (Å²) in [6.07, 6.45) is 0.832. The molecule has 0 saturated heterocycles. The summed E-state index contributed by atoms with van der Waals surface area (Å²) in [6.45, 7) is 5.02. The van der Waals surface area contributed by atoms with Crippen LogP contribution in [0.25, 0.3) is 0 Å². The van der Waals surface area contributed by atoms with E-state index < -0.39 is 0 Å². The zero-order valence-electron chi connectivity index (χ0n) is 11.6. The fourth-order valence-electron chi connectivity index (χ4n) is 2.00. The first-order valence-corrected chi connectivity index (χ1v) is 6.73. The molecule has 0 amide bonds. The van der Waals surface area contributed by atoms with Gasteiger partial charge in [0.1, 0.15) is 5.75 Å². The van der Waals surface area contributed by atoms with E-state index in [2.05, 4.69) is 26.0 Å². The molecule has 0 aromatic heterocycles. The number of ether oxygens (including phenoxy) is 1. The lowest BCUT2D eigenvalue weighted by atomic mass is 10.0. The van der Waals surface area contributed by atoms with Crippen LogP contribution in [0.3, 0.4) is 0 Å². The van der Waals surface area contributed by atoms with Gasteiger partial charge in [0.25, 0.3) is 0 Å². The molecule has 19 heavy (non-hydrogen) atoms. The molecule has 0 fully saturated rings. The number of rotatable bonds is 5. The monoisotopic (exact) mass is 255 g/mol. The molecule has 0 radical (unpaired) electrons. The zero-order chi connectivity index (χ0) is 13.7. The standard InChI is InChI=1S/C17H21NO/c1-13(2)15-7-5-8-16(12-15)19-11-10-14-6-3-4-9-17(14)18/h3-9,12-13H,10-11,18H2,1-2H3. The number of anilines is 1. The minimum atomic E-state index is 0.522. The molecule has 0 heterocycles. The predicted octanol–water partition coefficient (Wildman–Crippen LogP) is 4.01.